The van der Waals surface area contributed by atoms with Gasteiger partial charge in [0.1, 0.15) is 5.82 Å². The molecule has 0 aliphatic carbocycles. The Morgan fingerprint density at radius 3 is 2.50 bits per heavy atom. The maximum Gasteiger partial charge on any atom is 0.407 e. The molecule has 9 heteroatoms. The molecule has 1 aliphatic heterocycles. The van der Waals surface area contributed by atoms with E-state index < -0.39 is 24.1 Å². The first-order valence-corrected chi connectivity index (χ1v) is 11.6. The Balaban J connectivity index is 1.44. The normalized spacial score (nSPS) is 17.2. The fourth-order valence-electron chi connectivity index (χ4n) is 4.73. The van der Waals surface area contributed by atoms with Gasteiger partial charge in [0, 0.05) is 37.1 Å². The second-order valence-electron chi connectivity index (χ2n) is 8.84. The summed E-state index contributed by atoms with van der Waals surface area (Å²) >= 11 is 0. The van der Waals surface area contributed by atoms with Crippen LogP contribution in [-0.2, 0) is 7.05 Å². The minimum absolute atomic E-state index is 0.107. The predicted molar refractivity (Wildman–Crippen MR) is 136 cm³/mol. The summed E-state index contributed by atoms with van der Waals surface area (Å²) in [7, 11) is 1.81. The first kappa shape index (κ1) is 23.1. The molecule has 0 radical (unpaired) electrons. The number of rotatable bonds is 5. The topological polar surface area (TPSA) is 126 Å². The van der Waals surface area contributed by atoms with Gasteiger partial charge in [0.05, 0.1) is 23.8 Å². The number of carbonyl (C=O) groups is 2. The highest BCUT2D eigenvalue weighted by Gasteiger charge is 2.39. The van der Waals surface area contributed by atoms with Crippen LogP contribution in [0, 0.1) is 0 Å². The minimum atomic E-state index is -1.03. The fourth-order valence-corrected chi connectivity index (χ4v) is 4.73. The van der Waals surface area contributed by atoms with Crippen molar-refractivity contribution >= 4 is 17.8 Å². The number of nitrogens with two attached hydrogens (primary N) is 1. The van der Waals surface area contributed by atoms with E-state index in [1.807, 2.05) is 67.8 Å². The van der Waals surface area contributed by atoms with Crippen LogP contribution < -0.4 is 11.1 Å². The standard InChI is InChI=1S/C27H26N6O3/c1-32-16-21(15-30-32)20-13-22(25(28)29-14-20)26(34)31-23-10-11-33(27(35)36)24(23)19-9-5-8-18(12-19)17-6-3-2-4-7-17/h2-9,12-16,23-24H,10-11H2,1H3,(H2,28,29)(H,31,34)(H,35,36). The van der Waals surface area contributed by atoms with E-state index >= 15 is 0 Å². The number of aromatic nitrogens is 3. The zero-order chi connectivity index (χ0) is 25.2. The maximum absolute atomic E-state index is 13.3. The molecule has 9 nitrogen and oxygen atoms in total. The van der Waals surface area contributed by atoms with Crippen molar-refractivity contribution in [3.05, 3.63) is 90.4 Å². The number of likely N-dealkylation sites (tertiary alicyclic amines) is 1. The largest absolute Gasteiger partial charge is 0.465 e. The van der Waals surface area contributed by atoms with Gasteiger partial charge in [0.2, 0.25) is 0 Å². The highest BCUT2D eigenvalue weighted by molar-refractivity contribution is 5.99. The number of nitrogens with zero attached hydrogens (tertiary/aromatic N) is 4. The number of hydrogen-bond acceptors (Lipinski definition) is 5. The number of aryl methyl sites for hydroxylation is 1. The van der Waals surface area contributed by atoms with Crippen molar-refractivity contribution in [2.75, 3.05) is 12.3 Å². The minimum Gasteiger partial charge on any atom is -0.465 e. The molecule has 4 aromatic rings. The molecule has 0 bridgehead atoms. The van der Waals surface area contributed by atoms with Crippen LogP contribution in [0.25, 0.3) is 22.3 Å². The summed E-state index contributed by atoms with van der Waals surface area (Å²) in [5, 5.41) is 17.1. The van der Waals surface area contributed by atoms with Gasteiger partial charge in [0.25, 0.3) is 5.91 Å². The van der Waals surface area contributed by atoms with Crippen LogP contribution in [0.2, 0.25) is 0 Å². The van der Waals surface area contributed by atoms with Gasteiger partial charge in [-0.05, 0) is 35.2 Å². The average Bonchev–Trinajstić information content (AvgIpc) is 3.51. The van der Waals surface area contributed by atoms with Crippen LogP contribution >= 0.6 is 0 Å². The van der Waals surface area contributed by atoms with E-state index in [0.717, 1.165) is 22.3 Å². The summed E-state index contributed by atoms with van der Waals surface area (Å²) in [5.74, 6) is -0.289. The molecular weight excluding hydrogens is 456 g/mol. The number of pyridine rings is 1. The molecule has 0 spiro atoms. The smallest absolute Gasteiger partial charge is 0.407 e. The Kier molecular flexibility index (Phi) is 6.12. The van der Waals surface area contributed by atoms with Gasteiger partial charge >= 0.3 is 6.09 Å². The Labute approximate surface area is 208 Å². The Morgan fingerprint density at radius 2 is 1.78 bits per heavy atom. The molecule has 36 heavy (non-hydrogen) atoms. The van der Waals surface area contributed by atoms with Crippen LogP contribution in [-0.4, -0.2) is 49.4 Å². The molecule has 2 aromatic heterocycles. The van der Waals surface area contributed by atoms with Crippen molar-refractivity contribution in [1.29, 1.82) is 0 Å². The molecule has 182 valence electrons. The summed E-state index contributed by atoms with van der Waals surface area (Å²) in [5.41, 5.74) is 10.7. The predicted octanol–water partition coefficient (Wildman–Crippen LogP) is 3.95. The summed E-state index contributed by atoms with van der Waals surface area (Å²) in [6.45, 7) is 0.309. The molecule has 1 fully saturated rings. The van der Waals surface area contributed by atoms with Crippen molar-refractivity contribution in [1.82, 2.24) is 25.0 Å². The average molecular weight is 483 g/mol. The molecule has 4 N–H and O–H groups in total. The van der Waals surface area contributed by atoms with Gasteiger partial charge in [-0.3, -0.25) is 14.4 Å². The second kappa shape index (κ2) is 9.53. The van der Waals surface area contributed by atoms with Crippen molar-refractivity contribution in [2.45, 2.75) is 18.5 Å². The van der Waals surface area contributed by atoms with E-state index in [1.165, 1.54) is 4.90 Å². The number of amides is 2. The van der Waals surface area contributed by atoms with Gasteiger partial charge < -0.3 is 16.2 Å². The highest BCUT2D eigenvalue weighted by Crippen LogP contribution is 2.35. The maximum atomic E-state index is 13.3. The quantitative estimate of drug-likeness (QED) is 0.395. The lowest BCUT2D eigenvalue weighted by Gasteiger charge is -2.27. The van der Waals surface area contributed by atoms with E-state index in [4.69, 9.17) is 5.73 Å². The lowest BCUT2D eigenvalue weighted by Crippen LogP contribution is -2.41. The van der Waals surface area contributed by atoms with E-state index in [1.54, 1.807) is 23.1 Å². The number of anilines is 1. The van der Waals surface area contributed by atoms with E-state index in [9.17, 15) is 14.7 Å². The summed E-state index contributed by atoms with van der Waals surface area (Å²) in [6, 6.07) is 18.4. The summed E-state index contributed by atoms with van der Waals surface area (Å²) < 4.78 is 1.67. The van der Waals surface area contributed by atoms with Gasteiger partial charge in [-0.15, -0.1) is 0 Å². The van der Waals surface area contributed by atoms with Crippen LogP contribution in [0.4, 0.5) is 10.6 Å². The summed E-state index contributed by atoms with van der Waals surface area (Å²) in [6.07, 6.45) is 4.57. The lowest BCUT2D eigenvalue weighted by atomic mass is 9.95. The fraction of sp³-hybridized carbons (Fsp3) is 0.185. The lowest BCUT2D eigenvalue weighted by molar-refractivity contribution is 0.0919. The molecule has 0 saturated carbocycles. The Morgan fingerprint density at radius 1 is 1.00 bits per heavy atom. The van der Waals surface area contributed by atoms with Gasteiger partial charge in [-0.1, -0.05) is 48.5 Å². The number of benzene rings is 2. The number of nitrogen functional groups attached to an aromatic ring is 1. The molecule has 2 aromatic carbocycles. The molecule has 2 amide bonds. The molecule has 2 unspecified atom stereocenters. The van der Waals surface area contributed by atoms with Gasteiger partial charge in [0.15, 0.2) is 0 Å². The number of carbonyl (C=O) groups excluding carboxylic acids is 1. The van der Waals surface area contributed by atoms with Crippen LogP contribution in [0.3, 0.4) is 0 Å². The first-order chi connectivity index (χ1) is 17.4. The monoisotopic (exact) mass is 482 g/mol. The van der Waals surface area contributed by atoms with Gasteiger partial charge in [-0.25, -0.2) is 9.78 Å². The third-order valence-electron chi connectivity index (χ3n) is 6.50. The third kappa shape index (κ3) is 4.50. The molecule has 1 saturated heterocycles. The van der Waals surface area contributed by atoms with Crippen molar-refractivity contribution in [3.8, 4) is 22.3 Å². The molecule has 2 atom stereocenters. The molecule has 3 heterocycles. The highest BCUT2D eigenvalue weighted by atomic mass is 16.4. The SMILES string of the molecule is Cn1cc(-c2cnc(N)c(C(=O)NC3CCN(C(=O)O)C3c3cccc(-c4ccccc4)c3)c2)cn1. The third-order valence-corrected chi connectivity index (χ3v) is 6.50. The zero-order valence-corrected chi connectivity index (χ0v) is 19.7. The number of hydrogen-bond donors (Lipinski definition) is 3. The molecular formula is C27H26N6O3. The summed E-state index contributed by atoms with van der Waals surface area (Å²) in [4.78, 5) is 31.0. The van der Waals surface area contributed by atoms with E-state index in [0.29, 0.717) is 18.5 Å². The van der Waals surface area contributed by atoms with Gasteiger partial charge in [-0.2, -0.15) is 5.10 Å². The molecule has 5 rings (SSSR count). The van der Waals surface area contributed by atoms with E-state index in [-0.39, 0.29) is 11.4 Å². The number of nitrogens with one attached hydrogen (secondary N) is 1. The van der Waals surface area contributed by atoms with E-state index in [2.05, 4.69) is 15.4 Å². The second-order valence-corrected chi connectivity index (χ2v) is 8.84. The van der Waals surface area contributed by atoms with Crippen molar-refractivity contribution in [3.63, 3.8) is 0 Å². The Hall–Kier alpha value is -4.66. The van der Waals surface area contributed by atoms with Crippen molar-refractivity contribution < 1.29 is 14.7 Å². The molecule has 1 aliphatic rings. The number of carboxylic acid groups (broad SMARTS) is 1. The van der Waals surface area contributed by atoms with Crippen LogP contribution in [0.5, 0.6) is 0 Å². The van der Waals surface area contributed by atoms with Crippen LogP contribution in [0.1, 0.15) is 28.4 Å². The first-order valence-electron chi connectivity index (χ1n) is 11.6. The Bertz CT molecular complexity index is 1420. The zero-order valence-electron chi connectivity index (χ0n) is 19.7. The van der Waals surface area contributed by atoms with Crippen LogP contribution in [0.15, 0.2) is 79.3 Å². The van der Waals surface area contributed by atoms with Crippen molar-refractivity contribution in [2.24, 2.45) is 7.05 Å².